The molecule has 168 valence electrons. The quantitative estimate of drug-likeness (QED) is 0.485. The van der Waals surface area contributed by atoms with E-state index in [0.29, 0.717) is 41.4 Å². The summed E-state index contributed by atoms with van der Waals surface area (Å²) in [5, 5.41) is 14.8. The average molecular weight is 444 g/mol. The first kappa shape index (κ1) is 20.9. The van der Waals surface area contributed by atoms with Crippen LogP contribution in [-0.4, -0.2) is 55.4 Å². The summed E-state index contributed by atoms with van der Waals surface area (Å²) in [7, 11) is 0. The number of rotatable bonds is 5. The highest BCUT2D eigenvalue weighted by atomic mass is 16.5. The highest BCUT2D eigenvalue weighted by molar-refractivity contribution is 5.98. The number of amides is 1. The molecule has 1 fully saturated rings. The van der Waals surface area contributed by atoms with E-state index in [-0.39, 0.29) is 11.9 Å². The fraction of sp³-hybridized carbons (Fsp3) is 0.250. The summed E-state index contributed by atoms with van der Waals surface area (Å²) >= 11 is 0. The maximum Gasteiger partial charge on any atom is 0.248 e. The lowest BCUT2D eigenvalue weighted by Crippen LogP contribution is -2.42. The van der Waals surface area contributed by atoms with Crippen LogP contribution in [0.2, 0.25) is 0 Å². The van der Waals surface area contributed by atoms with Crippen molar-refractivity contribution in [2.24, 2.45) is 0 Å². The highest BCUT2D eigenvalue weighted by Crippen LogP contribution is 2.34. The van der Waals surface area contributed by atoms with Gasteiger partial charge in [-0.15, -0.1) is 0 Å². The summed E-state index contributed by atoms with van der Waals surface area (Å²) < 4.78 is 7.73. The van der Waals surface area contributed by atoms with Crippen LogP contribution in [0.15, 0.2) is 60.9 Å². The normalized spacial score (nSPS) is 16.2. The van der Waals surface area contributed by atoms with Crippen molar-refractivity contribution >= 4 is 22.8 Å². The zero-order chi connectivity index (χ0) is 22.8. The van der Waals surface area contributed by atoms with Crippen molar-refractivity contribution in [3.8, 4) is 22.8 Å². The molecular formula is C24H24N6O3. The van der Waals surface area contributed by atoms with Crippen molar-refractivity contribution in [1.82, 2.24) is 24.6 Å². The van der Waals surface area contributed by atoms with E-state index in [1.807, 2.05) is 59.3 Å². The summed E-state index contributed by atoms with van der Waals surface area (Å²) in [5.74, 6) is 1.55. The molecule has 0 aliphatic carbocycles. The smallest absolute Gasteiger partial charge is 0.248 e. The average Bonchev–Trinajstić information content (AvgIpc) is 3.26. The van der Waals surface area contributed by atoms with Gasteiger partial charge in [0, 0.05) is 18.7 Å². The van der Waals surface area contributed by atoms with E-state index in [1.54, 1.807) is 4.90 Å². The van der Waals surface area contributed by atoms with Gasteiger partial charge < -0.3 is 20.5 Å². The molecule has 0 bridgehead atoms. The van der Waals surface area contributed by atoms with Crippen LogP contribution in [0.25, 0.3) is 22.3 Å². The van der Waals surface area contributed by atoms with Crippen molar-refractivity contribution < 1.29 is 14.6 Å². The Morgan fingerprint density at radius 3 is 2.61 bits per heavy atom. The molecule has 1 atom stereocenters. The predicted octanol–water partition coefficient (Wildman–Crippen LogP) is 3.02. The third-order valence-electron chi connectivity index (χ3n) is 5.86. The number of aromatic nitrogens is 4. The number of likely N-dealkylation sites (tertiary alicyclic amines) is 1. The third kappa shape index (κ3) is 4.10. The number of aliphatic hydroxyl groups excluding tert-OH is 1. The Morgan fingerprint density at radius 1 is 1.09 bits per heavy atom. The number of hydrogen-bond acceptors (Lipinski definition) is 7. The van der Waals surface area contributed by atoms with Crippen molar-refractivity contribution in [2.45, 2.75) is 18.9 Å². The number of nitrogens with two attached hydrogens (primary N) is 1. The van der Waals surface area contributed by atoms with Crippen LogP contribution >= 0.6 is 0 Å². The topological polar surface area (TPSA) is 119 Å². The van der Waals surface area contributed by atoms with Gasteiger partial charge in [0.15, 0.2) is 5.65 Å². The second-order valence-corrected chi connectivity index (χ2v) is 7.98. The lowest BCUT2D eigenvalue weighted by Gasteiger charge is -2.32. The maximum absolute atomic E-state index is 12.0. The molecule has 2 aromatic heterocycles. The van der Waals surface area contributed by atoms with Gasteiger partial charge in [0.1, 0.15) is 35.9 Å². The van der Waals surface area contributed by atoms with Crippen molar-refractivity contribution in [3.63, 3.8) is 0 Å². The van der Waals surface area contributed by atoms with E-state index in [2.05, 4.69) is 9.97 Å². The van der Waals surface area contributed by atoms with Gasteiger partial charge in [-0.3, -0.25) is 4.79 Å². The van der Waals surface area contributed by atoms with Gasteiger partial charge in [-0.05, 0) is 49.2 Å². The number of carbonyl (C=O) groups is 1. The van der Waals surface area contributed by atoms with Gasteiger partial charge in [-0.1, -0.05) is 18.2 Å². The van der Waals surface area contributed by atoms with Crippen LogP contribution in [0.5, 0.6) is 11.5 Å². The number of carbonyl (C=O) groups excluding carboxylic acids is 1. The van der Waals surface area contributed by atoms with E-state index in [9.17, 15) is 9.90 Å². The molecule has 3 heterocycles. The molecule has 9 nitrogen and oxygen atoms in total. The van der Waals surface area contributed by atoms with Crippen LogP contribution < -0.4 is 10.5 Å². The number of nitrogen functional groups attached to an aromatic ring is 1. The number of ether oxygens (including phenoxy) is 1. The Kier molecular flexibility index (Phi) is 5.62. The summed E-state index contributed by atoms with van der Waals surface area (Å²) in [4.78, 5) is 22.3. The number of nitrogens with zero attached hydrogens (tertiary/aromatic N) is 5. The van der Waals surface area contributed by atoms with Gasteiger partial charge in [0.2, 0.25) is 5.91 Å². The van der Waals surface area contributed by atoms with Crippen LogP contribution in [0.4, 0.5) is 5.82 Å². The second-order valence-electron chi connectivity index (χ2n) is 7.98. The third-order valence-corrected chi connectivity index (χ3v) is 5.86. The van der Waals surface area contributed by atoms with Crippen LogP contribution in [-0.2, 0) is 4.79 Å². The Hall–Kier alpha value is -3.98. The van der Waals surface area contributed by atoms with Gasteiger partial charge in [0.05, 0.1) is 11.4 Å². The molecule has 0 saturated carbocycles. The number of hydrogen-bond donors (Lipinski definition) is 2. The van der Waals surface area contributed by atoms with Crippen LogP contribution in [0, 0.1) is 0 Å². The summed E-state index contributed by atoms with van der Waals surface area (Å²) in [6.45, 7) is 0.593. The van der Waals surface area contributed by atoms with E-state index in [1.165, 1.54) is 6.33 Å². The van der Waals surface area contributed by atoms with Gasteiger partial charge in [-0.2, -0.15) is 5.10 Å². The minimum Gasteiger partial charge on any atom is -0.457 e. The molecule has 0 spiro atoms. The van der Waals surface area contributed by atoms with E-state index >= 15 is 0 Å². The Labute approximate surface area is 190 Å². The van der Waals surface area contributed by atoms with Crippen LogP contribution in [0.3, 0.4) is 0 Å². The molecule has 0 radical (unpaired) electrons. The Balaban J connectivity index is 1.49. The number of para-hydroxylation sites is 1. The monoisotopic (exact) mass is 444 g/mol. The molecule has 4 aromatic rings. The number of benzene rings is 2. The van der Waals surface area contributed by atoms with E-state index in [0.717, 1.165) is 24.2 Å². The van der Waals surface area contributed by atoms with Gasteiger partial charge in [0.25, 0.3) is 0 Å². The van der Waals surface area contributed by atoms with Crippen molar-refractivity contribution in [1.29, 1.82) is 0 Å². The predicted molar refractivity (Wildman–Crippen MR) is 124 cm³/mol. The molecule has 3 N–H and O–H groups in total. The Morgan fingerprint density at radius 2 is 1.85 bits per heavy atom. The maximum atomic E-state index is 12.0. The summed E-state index contributed by atoms with van der Waals surface area (Å²) in [5.41, 5.74) is 8.41. The first-order valence-electron chi connectivity index (χ1n) is 10.8. The Bertz CT molecular complexity index is 1270. The molecule has 5 rings (SSSR count). The first-order chi connectivity index (χ1) is 16.1. The molecule has 1 amide bonds. The fourth-order valence-electron chi connectivity index (χ4n) is 4.24. The molecule has 1 aliphatic rings. The molecule has 9 heteroatoms. The number of anilines is 1. The van der Waals surface area contributed by atoms with Crippen molar-refractivity contribution in [2.75, 3.05) is 25.4 Å². The zero-order valence-electron chi connectivity index (χ0n) is 18.0. The summed E-state index contributed by atoms with van der Waals surface area (Å²) in [6, 6.07) is 17.1. The molecule has 0 unspecified atom stereocenters. The SMILES string of the molecule is Nc1ncnc2c1c(-c1ccc(Oc3ccccc3)cc1)nn2[C@@H]1CCCN(C(=O)CO)C1. The molecule has 33 heavy (non-hydrogen) atoms. The van der Waals surface area contributed by atoms with E-state index in [4.69, 9.17) is 15.6 Å². The van der Waals surface area contributed by atoms with Gasteiger partial charge in [-0.25, -0.2) is 14.6 Å². The van der Waals surface area contributed by atoms with Crippen molar-refractivity contribution in [3.05, 3.63) is 60.9 Å². The lowest BCUT2D eigenvalue weighted by atomic mass is 10.1. The second kappa shape index (κ2) is 8.87. The molecule has 1 aliphatic heterocycles. The summed E-state index contributed by atoms with van der Waals surface area (Å²) in [6.07, 6.45) is 3.09. The number of piperidine rings is 1. The largest absolute Gasteiger partial charge is 0.457 e. The zero-order valence-corrected chi connectivity index (χ0v) is 18.0. The minimum absolute atomic E-state index is 0.0690. The molecule has 1 saturated heterocycles. The standard InChI is InChI=1S/C24H24N6O3/c25-23-21-22(16-8-10-19(11-9-16)33-18-6-2-1-3-7-18)28-30(24(21)27-15-26-23)17-5-4-12-29(13-17)20(32)14-31/h1-3,6-11,15,17,31H,4-5,12-14H2,(H2,25,26,27)/t17-/m1/s1. The fourth-order valence-corrected chi connectivity index (χ4v) is 4.24. The number of aliphatic hydroxyl groups is 1. The first-order valence-corrected chi connectivity index (χ1v) is 10.8. The van der Waals surface area contributed by atoms with Gasteiger partial charge >= 0.3 is 0 Å². The minimum atomic E-state index is -0.496. The van der Waals surface area contributed by atoms with E-state index < -0.39 is 6.61 Å². The lowest BCUT2D eigenvalue weighted by molar-refractivity contribution is -0.135. The highest BCUT2D eigenvalue weighted by Gasteiger charge is 2.28. The van der Waals surface area contributed by atoms with Crippen LogP contribution in [0.1, 0.15) is 18.9 Å². The number of fused-ring (bicyclic) bond motifs is 1. The molecule has 2 aromatic carbocycles. The molecular weight excluding hydrogens is 420 g/mol.